The lowest BCUT2D eigenvalue weighted by atomic mass is 10.1. The molecule has 0 aliphatic carbocycles. The van der Waals surface area contributed by atoms with E-state index in [1.165, 1.54) is 27.2 Å². The molecule has 3 heterocycles. The summed E-state index contributed by atoms with van der Waals surface area (Å²) in [6, 6.07) is 17.0. The topological polar surface area (TPSA) is 41.2 Å². The summed E-state index contributed by atoms with van der Waals surface area (Å²) in [5.74, 6) is 1.04. The number of hydrogen-bond donors (Lipinski definition) is 1. The summed E-state index contributed by atoms with van der Waals surface area (Å²) in [5, 5.41) is 3.70. The van der Waals surface area contributed by atoms with Gasteiger partial charge in [-0.15, -0.1) is 12.4 Å². The van der Waals surface area contributed by atoms with Crippen LogP contribution in [0.5, 0.6) is 0 Å². The van der Waals surface area contributed by atoms with Crippen molar-refractivity contribution in [3.05, 3.63) is 48.5 Å². The molecule has 0 amide bonds. The summed E-state index contributed by atoms with van der Waals surface area (Å²) in [4.78, 5) is 10.7. The van der Waals surface area contributed by atoms with Crippen LogP contribution in [0.25, 0.3) is 32.7 Å². The summed E-state index contributed by atoms with van der Waals surface area (Å²) >= 11 is 0. The zero-order valence-corrected chi connectivity index (χ0v) is 14.0. The molecular formula is C19H18ClN3O. The van der Waals surface area contributed by atoms with E-state index in [1.807, 2.05) is 0 Å². The number of fused-ring (bicyclic) bond motifs is 5. The van der Waals surface area contributed by atoms with Crippen molar-refractivity contribution in [3.63, 3.8) is 0 Å². The second kappa shape index (κ2) is 5.96. The number of benzene rings is 2. The Morgan fingerprint density at radius 2 is 1.67 bits per heavy atom. The molecule has 4 nitrogen and oxygen atoms in total. The van der Waals surface area contributed by atoms with E-state index < -0.39 is 0 Å². The normalized spacial score (nSPS) is 15.1. The molecule has 24 heavy (non-hydrogen) atoms. The smallest absolute Gasteiger partial charge is 0.129 e. The molecule has 0 saturated carbocycles. The third kappa shape index (κ3) is 2.30. The molecule has 2 aromatic carbocycles. The maximum Gasteiger partial charge on any atom is 0.129 e. The molecule has 0 bridgehead atoms. The number of aromatic nitrogens is 2. The van der Waals surface area contributed by atoms with E-state index in [1.54, 1.807) is 0 Å². The fourth-order valence-electron chi connectivity index (χ4n) is 3.48. The molecule has 0 spiro atoms. The van der Waals surface area contributed by atoms with E-state index in [0.29, 0.717) is 0 Å². The molecule has 122 valence electrons. The Morgan fingerprint density at radius 1 is 0.875 bits per heavy atom. The fourth-order valence-corrected chi connectivity index (χ4v) is 3.48. The number of halogens is 1. The molecule has 1 saturated heterocycles. The van der Waals surface area contributed by atoms with Gasteiger partial charge in [-0.25, -0.2) is 4.98 Å². The minimum Gasteiger partial charge on any atom is -0.378 e. The number of H-pyrrole nitrogens is 1. The first-order valence-corrected chi connectivity index (χ1v) is 8.03. The molecule has 0 unspecified atom stereocenters. The van der Waals surface area contributed by atoms with Crippen LogP contribution in [0.4, 0.5) is 5.82 Å². The molecule has 5 heteroatoms. The highest BCUT2D eigenvalue weighted by Gasteiger charge is 2.14. The van der Waals surface area contributed by atoms with Crippen LogP contribution in [-0.4, -0.2) is 36.3 Å². The molecule has 0 radical (unpaired) electrons. The first-order chi connectivity index (χ1) is 11.4. The van der Waals surface area contributed by atoms with E-state index >= 15 is 0 Å². The molecule has 1 aliphatic rings. The van der Waals surface area contributed by atoms with Gasteiger partial charge in [0.25, 0.3) is 0 Å². The van der Waals surface area contributed by atoms with E-state index in [2.05, 4.69) is 58.4 Å². The number of nitrogens with one attached hydrogen (secondary N) is 1. The first-order valence-electron chi connectivity index (χ1n) is 8.03. The molecule has 1 N–H and O–H groups in total. The maximum absolute atomic E-state index is 5.43. The monoisotopic (exact) mass is 339 g/mol. The second-order valence-electron chi connectivity index (χ2n) is 5.99. The number of nitrogens with zero attached hydrogens (tertiary/aromatic N) is 2. The summed E-state index contributed by atoms with van der Waals surface area (Å²) in [7, 11) is 0. The average Bonchev–Trinajstić information content (AvgIpc) is 3.01. The largest absolute Gasteiger partial charge is 0.378 e. The Kier molecular flexibility index (Phi) is 3.79. The van der Waals surface area contributed by atoms with Gasteiger partial charge in [0, 0.05) is 34.8 Å². The van der Waals surface area contributed by atoms with Crippen LogP contribution in [0.3, 0.4) is 0 Å². The Bertz CT molecular complexity index is 1020. The van der Waals surface area contributed by atoms with Gasteiger partial charge in [-0.2, -0.15) is 0 Å². The van der Waals surface area contributed by atoms with Crippen molar-refractivity contribution in [2.75, 3.05) is 31.2 Å². The van der Waals surface area contributed by atoms with Gasteiger partial charge in [-0.05, 0) is 24.3 Å². The van der Waals surface area contributed by atoms with Gasteiger partial charge >= 0.3 is 0 Å². The summed E-state index contributed by atoms with van der Waals surface area (Å²) < 4.78 is 5.43. The van der Waals surface area contributed by atoms with Crippen LogP contribution in [0.15, 0.2) is 48.5 Å². The lowest BCUT2D eigenvalue weighted by Crippen LogP contribution is -2.36. The minimum absolute atomic E-state index is 0. The van der Waals surface area contributed by atoms with Gasteiger partial charge in [-0.3, -0.25) is 0 Å². The number of para-hydroxylation sites is 1. The van der Waals surface area contributed by atoms with Gasteiger partial charge in [0.05, 0.1) is 24.2 Å². The van der Waals surface area contributed by atoms with Crippen LogP contribution in [0.1, 0.15) is 0 Å². The van der Waals surface area contributed by atoms with Crippen molar-refractivity contribution in [3.8, 4) is 0 Å². The van der Waals surface area contributed by atoms with Crippen LogP contribution >= 0.6 is 12.4 Å². The first kappa shape index (κ1) is 15.2. The summed E-state index contributed by atoms with van der Waals surface area (Å²) in [5.41, 5.74) is 3.38. The van der Waals surface area contributed by atoms with Crippen LogP contribution < -0.4 is 4.90 Å². The van der Waals surface area contributed by atoms with E-state index in [-0.39, 0.29) is 12.4 Å². The van der Waals surface area contributed by atoms with E-state index in [0.717, 1.165) is 37.6 Å². The third-order valence-electron chi connectivity index (χ3n) is 4.67. The second-order valence-corrected chi connectivity index (χ2v) is 5.99. The number of rotatable bonds is 1. The fraction of sp³-hybridized carbons (Fsp3) is 0.211. The minimum atomic E-state index is 0. The number of ether oxygens (including phenoxy) is 1. The standard InChI is InChI=1S/C19H17N3O.ClH/c1-2-4-16-13(3-1)14-5-7-17-15(19(14)21-16)6-8-18(20-17)22-9-11-23-12-10-22;/h1-8,21H,9-12H2;1H. The number of pyridine rings is 1. The molecule has 0 atom stereocenters. The molecule has 2 aromatic heterocycles. The van der Waals surface area contributed by atoms with Crippen molar-refractivity contribution in [2.45, 2.75) is 0 Å². The summed E-state index contributed by atoms with van der Waals surface area (Å²) in [6.45, 7) is 3.38. The maximum atomic E-state index is 5.43. The van der Waals surface area contributed by atoms with Crippen molar-refractivity contribution < 1.29 is 4.74 Å². The van der Waals surface area contributed by atoms with Crippen molar-refractivity contribution >= 4 is 50.9 Å². The number of morpholine rings is 1. The molecule has 1 aliphatic heterocycles. The summed E-state index contributed by atoms with van der Waals surface area (Å²) in [6.07, 6.45) is 0. The Morgan fingerprint density at radius 3 is 2.54 bits per heavy atom. The van der Waals surface area contributed by atoms with E-state index in [4.69, 9.17) is 9.72 Å². The van der Waals surface area contributed by atoms with E-state index in [9.17, 15) is 0 Å². The quantitative estimate of drug-likeness (QED) is 0.567. The number of anilines is 1. The highest BCUT2D eigenvalue weighted by molar-refractivity contribution is 6.16. The zero-order chi connectivity index (χ0) is 15.2. The van der Waals surface area contributed by atoms with Gasteiger partial charge in [0.1, 0.15) is 5.82 Å². The van der Waals surface area contributed by atoms with Crippen LogP contribution in [0.2, 0.25) is 0 Å². The molecule has 5 rings (SSSR count). The molecular weight excluding hydrogens is 322 g/mol. The lowest BCUT2D eigenvalue weighted by Gasteiger charge is -2.27. The molecule has 4 aromatic rings. The predicted octanol–water partition coefficient (Wildman–Crippen LogP) is 4.13. The van der Waals surface area contributed by atoms with Crippen molar-refractivity contribution in [1.82, 2.24) is 9.97 Å². The van der Waals surface area contributed by atoms with Crippen LogP contribution in [0, 0.1) is 0 Å². The number of aromatic amines is 1. The number of hydrogen-bond acceptors (Lipinski definition) is 3. The van der Waals surface area contributed by atoms with Gasteiger partial charge in [0.15, 0.2) is 0 Å². The average molecular weight is 340 g/mol. The van der Waals surface area contributed by atoms with Gasteiger partial charge in [-0.1, -0.05) is 24.3 Å². The predicted molar refractivity (Wildman–Crippen MR) is 101 cm³/mol. The third-order valence-corrected chi connectivity index (χ3v) is 4.67. The van der Waals surface area contributed by atoms with Gasteiger partial charge < -0.3 is 14.6 Å². The van der Waals surface area contributed by atoms with Crippen molar-refractivity contribution in [2.24, 2.45) is 0 Å². The van der Waals surface area contributed by atoms with Crippen LogP contribution in [-0.2, 0) is 4.74 Å². The Hall–Kier alpha value is -2.30. The Balaban J connectivity index is 0.00000146. The molecule has 1 fully saturated rings. The Labute approximate surface area is 145 Å². The lowest BCUT2D eigenvalue weighted by molar-refractivity contribution is 0.122. The highest BCUT2D eigenvalue weighted by atomic mass is 35.5. The van der Waals surface area contributed by atoms with Gasteiger partial charge in [0.2, 0.25) is 0 Å². The zero-order valence-electron chi connectivity index (χ0n) is 13.2. The SMILES string of the molecule is Cl.c1ccc2c(c1)[nH]c1c3ccc(N4CCOCC4)nc3ccc21. The highest BCUT2D eigenvalue weighted by Crippen LogP contribution is 2.31. The van der Waals surface area contributed by atoms with Crippen molar-refractivity contribution in [1.29, 1.82) is 0 Å².